The van der Waals surface area contributed by atoms with Crippen LogP contribution in [0.1, 0.15) is 11.8 Å². The van der Waals surface area contributed by atoms with Crippen LogP contribution in [0.2, 0.25) is 4.34 Å². The van der Waals surface area contributed by atoms with Crippen LogP contribution in [-0.4, -0.2) is 18.5 Å². The Kier molecular flexibility index (Phi) is 4.38. The van der Waals surface area contributed by atoms with E-state index < -0.39 is 6.04 Å². The average molecular weight is 233 g/mol. The summed E-state index contributed by atoms with van der Waals surface area (Å²) in [6.07, 6.45) is 0.801. The maximum Gasteiger partial charge on any atom is 0.236 e. The number of carbonyl (C=O) groups excluding carboxylic acids is 1. The van der Waals surface area contributed by atoms with Crippen LogP contribution in [0.4, 0.5) is 0 Å². The first-order valence-corrected chi connectivity index (χ1v) is 5.56. The maximum atomic E-state index is 11.1. The summed E-state index contributed by atoms with van der Waals surface area (Å²) in [6, 6.07) is 3.38. The Hall–Kier alpha value is -0.580. The van der Waals surface area contributed by atoms with E-state index in [0.29, 0.717) is 6.54 Å². The lowest BCUT2D eigenvalue weighted by Gasteiger charge is -2.06. The van der Waals surface area contributed by atoms with Gasteiger partial charge >= 0.3 is 0 Å². The van der Waals surface area contributed by atoms with Crippen LogP contribution in [0.25, 0.3) is 0 Å². The average Bonchev–Trinajstić information content (AvgIpc) is 2.51. The topological polar surface area (TPSA) is 55.1 Å². The van der Waals surface area contributed by atoms with Crippen LogP contribution in [-0.2, 0) is 11.2 Å². The van der Waals surface area contributed by atoms with Gasteiger partial charge in [-0.25, -0.2) is 0 Å². The molecule has 0 unspecified atom stereocenters. The third kappa shape index (κ3) is 3.65. The molecule has 0 saturated heterocycles. The van der Waals surface area contributed by atoms with Crippen molar-refractivity contribution in [1.29, 1.82) is 0 Å². The largest absolute Gasteiger partial charge is 0.354 e. The van der Waals surface area contributed by atoms with E-state index in [0.717, 1.165) is 10.8 Å². The molecule has 14 heavy (non-hydrogen) atoms. The zero-order chi connectivity index (χ0) is 10.6. The van der Waals surface area contributed by atoms with Crippen molar-refractivity contribution in [3.8, 4) is 0 Å². The molecule has 0 aliphatic heterocycles. The highest BCUT2D eigenvalue weighted by Crippen LogP contribution is 2.21. The SMILES string of the molecule is C[C@H](N)C(=O)NCCc1ccc(Cl)s1. The van der Waals surface area contributed by atoms with E-state index in [1.165, 1.54) is 16.2 Å². The molecular formula is C9H13ClN2OS. The van der Waals surface area contributed by atoms with Gasteiger partial charge in [-0.2, -0.15) is 0 Å². The highest BCUT2D eigenvalue weighted by Gasteiger charge is 2.05. The second-order valence-electron chi connectivity index (χ2n) is 3.04. The number of rotatable bonds is 4. The Bertz CT molecular complexity index is 312. The minimum Gasteiger partial charge on any atom is -0.354 e. The number of hydrogen-bond acceptors (Lipinski definition) is 3. The van der Waals surface area contributed by atoms with Crippen molar-refractivity contribution < 1.29 is 4.79 Å². The predicted octanol–water partition coefficient (Wildman–Crippen LogP) is 1.41. The number of amides is 1. The van der Waals surface area contributed by atoms with E-state index in [1.807, 2.05) is 12.1 Å². The quantitative estimate of drug-likeness (QED) is 0.825. The lowest BCUT2D eigenvalue weighted by atomic mass is 10.3. The summed E-state index contributed by atoms with van der Waals surface area (Å²) in [5, 5.41) is 2.74. The number of nitrogens with two attached hydrogens (primary N) is 1. The summed E-state index contributed by atoms with van der Waals surface area (Å²) in [6.45, 7) is 2.27. The second kappa shape index (κ2) is 5.34. The third-order valence-corrected chi connectivity index (χ3v) is 3.00. The van der Waals surface area contributed by atoms with Crippen LogP contribution in [0, 0.1) is 0 Å². The van der Waals surface area contributed by atoms with Gasteiger partial charge in [0.25, 0.3) is 0 Å². The Morgan fingerprint density at radius 1 is 1.71 bits per heavy atom. The summed E-state index contributed by atoms with van der Waals surface area (Å²) in [5.41, 5.74) is 5.39. The van der Waals surface area contributed by atoms with Crippen molar-refractivity contribution >= 4 is 28.8 Å². The monoisotopic (exact) mass is 232 g/mol. The molecule has 1 amide bonds. The summed E-state index contributed by atoms with van der Waals surface area (Å²) < 4.78 is 0.776. The fourth-order valence-corrected chi connectivity index (χ4v) is 2.04. The van der Waals surface area contributed by atoms with E-state index in [2.05, 4.69) is 5.32 Å². The molecule has 0 radical (unpaired) electrons. The molecule has 0 spiro atoms. The van der Waals surface area contributed by atoms with Crippen molar-refractivity contribution in [3.63, 3.8) is 0 Å². The van der Waals surface area contributed by atoms with Crippen molar-refractivity contribution in [3.05, 3.63) is 21.3 Å². The van der Waals surface area contributed by atoms with E-state index in [1.54, 1.807) is 6.92 Å². The van der Waals surface area contributed by atoms with Gasteiger partial charge in [-0.05, 0) is 25.5 Å². The van der Waals surface area contributed by atoms with Crippen molar-refractivity contribution in [2.75, 3.05) is 6.54 Å². The summed E-state index contributed by atoms with van der Waals surface area (Å²) >= 11 is 7.29. The molecule has 1 atom stereocenters. The number of thiophene rings is 1. The summed E-state index contributed by atoms with van der Waals surface area (Å²) in [4.78, 5) is 12.2. The van der Waals surface area contributed by atoms with Crippen LogP contribution >= 0.6 is 22.9 Å². The molecule has 3 nitrogen and oxygen atoms in total. The molecule has 0 aromatic carbocycles. The van der Waals surface area contributed by atoms with E-state index in [-0.39, 0.29) is 5.91 Å². The number of nitrogens with one attached hydrogen (secondary N) is 1. The Balaban J connectivity index is 2.25. The Morgan fingerprint density at radius 2 is 2.43 bits per heavy atom. The van der Waals surface area contributed by atoms with E-state index >= 15 is 0 Å². The molecule has 0 saturated carbocycles. The predicted molar refractivity (Wildman–Crippen MR) is 59.7 cm³/mol. The van der Waals surface area contributed by atoms with Gasteiger partial charge in [0, 0.05) is 11.4 Å². The minimum absolute atomic E-state index is 0.118. The highest BCUT2D eigenvalue weighted by atomic mass is 35.5. The summed E-state index contributed by atoms with van der Waals surface area (Å²) in [5.74, 6) is -0.118. The zero-order valence-electron chi connectivity index (χ0n) is 7.92. The molecular weight excluding hydrogens is 220 g/mol. The molecule has 0 aliphatic carbocycles. The van der Waals surface area contributed by atoms with Gasteiger partial charge in [0.1, 0.15) is 0 Å². The van der Waals surface area contributed by atoms with E-state index in [9.17, 15) is 4.79 Å². The number of carbonyl (C=O) groups is 1. The highest BCUT2D eigenvalue weighted by molar-refractivity contribution is 7.16. The van der Waals surface area contributed by atoms with Crippen LogP contribution in [0.15, 0.2) is 12.1 Å². The van der Waals surface area contributed by atoms with Crippen molar-refractivity contribution in [2.24, 2.45) is 5.73 Å². The first-order chi connectivity index (χ1) is 6.59. The second-order valence-corrected chi connectivity index (χ2v) is 4.84. The fourth-order valence-electron chi connectivity index (χ4n) is 0.956. The van der Waals surface area contributed by atoms with Crippen LogP contribution in [0.3, 0.4) is 0 Å². The Morgan fingerprint density at radius 3 is 2.93 bits per heavy atom. The minimum atomic E-state index is -0.443. The molecule has 5 heteroatoms. The normalized spacial score (nSPS) is 12.5. The molecule has 1 aromatic rings. The molecule has 3 N–H and O–H groups in total. The first-order valence-electron chi connectivity index (χ1n) is 4.37. The molecule has 0 aliphatic rings. The standard InChI is InChI=1S/C9H13ClN2OS/c1-6(11)9(13)12-5-4-7-2-3-8(10)14-7/h2-3,6H,4-5,11H2,1H3,(H,12,13)/t6-/m0/s1. The van der Waals surface area contributed by atoms with Gasteiger partial charge in [0.05, 0.1) is 10.4 Å². The molecule has 0 bridgehead atoms. The van der Waals surface area contributed by atoms with Gasteiger partial charge in [-0.3, -0.25) is 4.79 Å². The lowest BCUT2D eigenvalue weighted by Crippen LogP contribution is -2.39. The van der Waals surface area contributed by atoms with Crippen molar-refractivity contribution in [2.45, 2.75) is 19.4 Å². The van der Waals surface area contributed by atoms with Gasteiger partial charge in [-0.1, -0.05) is 11.6 Å². The molecule has 1 heterocycles. The molecule has 1 rings (SSSR count). The maximum absolute atomic E-state index is 11.1. The summed E-state index contributed by atoms with van der Waals surface area (Å²) in [7, 11) is 0. The van der Waals surface area contributed by atoms with Gasteiger partial charge in [0.15, 0.2) is 0 Å². The molecule has 0 fully saturated rings. The number of hydrogen-bond donors (Lipinski definition) is 2. The molecule has 78 valence electrons. The van der Waals surface area contributed by atoms with Gasteiger partial charge < -0.3 is 11.1 Å². The van der Waals surface area contributed by atoms with Crippen LogP contribution < -0.4 is 11.1 Å². The fraction of sp³-hybridized carbons (Fsp3) is 0.444. The lowest BCUT2D eigenvalue weighted by molar-refractivity contribution is -0.121. The van der Waals surface area contributed by atoms with Crippen LogP contribution in [0.5, 0.6) is 0 Å². The molecule has 1 aromatic heterocycles. The first kappa shape index (κ1) is 11.5. The van der Waals surface area contributed by atoms with Gasteiger partial charge in [0.2, 0.25) is 5.91 Å². The van der Waals surface area contributed by atoms with E-state index in [4.69, 9.17) is 17.3 Å². The third-order valence-electron chi connectivity index (χ3n) is 1.71. The van der Waals surface area contributed by atoms with Gasteiger partial charge in [-0.15, -0.1) is 11.3 Å². The Labute approximate surface area is 92.3 Å². The number of halogens is 1. The van der Waals surface area contributed by atoms with Crippen molar-refractivity contribution in [1.82, 2.24) is 5.32 Å². The smallest absolute Gasteiger partial charge is 0.236 e. The zero-order valence-corrected chi connectivity index (χ0v) is 9.49.